The van der Waals surface area contributed by atoms with Crippen molar-refractivity contribution in [3.8, 4) is 0 Å². The second kappa shape index (κ2) is 4.13. The fraction of sp³-hybridized carbons (Fsp3) is 0.333. The molecule has 1 aliphatic rings. The molecule has 0 fully saturated rings. The van der Waals surface area contributed by atoms with Crippen LogP contribution in [0.1, 0.15) is 10.5 Å². The van der Waals surface area contributed by atoms with Gasteiger partial charge in [0.1, 0.15) is 11.7 Å². The summed E-state index contributed by atoms with van der Waals surface area (Å²) in [5.41, 5.74) is 12.8. The Bertz CT molecular complexity index is 657. The SMILES string of the molecule is NCCN1C(=O)c2cc3occc3n2CC1C(N)=O. The topological polar surface area (TPSA) is 107 Å². The normalized spacial score (nSPS) is 18.9. The van der Waals surface area contributed by atoms with Crippen LogP contribution in [0.2, 0.25) is 0 Å². The van der Waals surface area contributed by atoms with Crippen molar-refractivity contribution in [2.24, 2.45) is 11.5 Å². The molecule has 0 saturated heterocycles. The van der Waals surface area contributed by atoms with Crippen LogP contribution in [0.3, 0.4) is 0 Å². The van der Waals surface area contributed by atoms with E-state index in [1.54, 1.807) is 23.0 Å². The van der Waals surface area contributed by atoms with Gasteiger partial charge in [0.15, 0.2) is 5.58 Å². The number of nitrogens with zero attached hydrogens (tertiary/aromatic N) is 2. The highest BCUT2D eigenvalue weighted by molar-refractivity contribution is 6.01. The number of carbonyl (C=O) groups excluding carboxylic acids is 2. The summed E-state index contributed by atoms with van der Waals surface area (Å²) >= 11 is 0. The van der Waals surface area contributed by atoms with Crippen LogP contribution >= 0.6 is 0 Å². The molecule has 4 N–H and O–H groups in total. The lowest BCUT2D eigenvalue weighted by molar-refractivity contribution is -0.123. The van der Waals surface area contributed by atoms with E-state index < -0.39 is 11.9 Å². The molecule has 2 amide bonds. The molecule has 0 bridgehead atoms. The van der Waals surface area contributed by atoms with Gasteiger partial charge < -0.3 is 25.4 Å². The molecule has 0 aromatic carbocycles. The minimum absolute atomic E-state index is 0.244. The van der Waals surface area contributed by atoms with Crippen molar-refractivity contribution in [2.45, 2.75) is 12.6 Å². The van der Waals surface area contributed by atoms with Crippen LogP contribution in [0.15, 0.2) is 22.8 Å². The summed E-state index contributed by atoms with van der Waals surface area (Å²) in [6, 6.07) is 2.77. The van der Waals surface area contributed by atoms with E-state index in [2.05, 4.69) is 0 Å². The van der Waals surface area contributed by atoms with Crippen molar-refractivity contribution >= 4 is 22.9 Å². The van der Waals surface area contributed by atoms with Crippen LogP contribution in [0.4, 0.5) is 0 Å². The number of rotatable bonds is 3. The van der Waals surface area contributed by atoms with Crippen molar-refractivity contribution in [2.75, 3.05) is 13.1 Å². The Kier molecular flexibility index (Phi) is 2.56. The summed E-state index contributed by atoms with van der Waals surface area (Å²) in [6.07, 6.45) is 1.55. The lowest BCUT2D eigenvalue weighted by Gasteiger charge is -2.34. The van der Waals surface area contributed by atoms with E-state index in [9.17, 15) is 9.59 Å². The summed E-state index contributed by atoms with van der Waals surface area (Å²) < 4.78 is 7.04. The zero-order valence-corrected chi connectivity index (χ0v) is 10.2. The lowest BCUT2D eigenvalue weighted by Crippen LogP contribution is -2.55. The molecule has 0 saturated carbocycles. The summed E-state index contributed by atoms with van der Waals surface area (Å²) in [4.78, 5) is 25.4. The molecule has 0 aliphatic carbocycles. The van der Waals surface area contributed by atoms with Gasteiger partial charge in [-0.3, -0.25) is 9.59 Å². The molecule has 3 heterocycles. The number of amides is 2. The Morgan fingerprint density at radius 2 is 2.32 bits per heavy atom. The van der Waals surface area contributed by atoms with Gasteiger partial charge in [-0.1, -0.05) is 0 Å². The Hall–Kier alpha value is -2.28. The van der Waals surface area contributed by atoms with Crippen molar-refractivity contribution in [3.63, 3.8) is 0 Å². The maximum absolute atomic E-state index is 12.4. The third-order valence-corrected chi connectivity index (χ3v) is 3.43. The van der Waals surface area contributed by atoms with Crippen LogP contribution < -0.4 is 11.5 Å². The van der Waals surface area contributed by atoms with Gasteiger partial charge in [0.2, 0.25) is 5.91 Å². The molecule has 2 aromatic rings. The Balaban J connectivity index is 2.12. The zero-order valence-electron chi connectivity index (χ0n) is 10.2. The number of carbonyl (C=O) groups is 2. The maximum Gasteiger partial charge on any atom is 0.271 e. The van der Waals surface area contributed by atoms with Crippen molar-refractivity contribution < 1.29 is 14.0 Å². The van der Waals surface area contributed by atoms with Crippen molar-refractivity contribution in [1.82, 2.24) is 9.47 Å². The fourth-order valence-electron chi connectivity index (χ4n) is 2.55. The van der Waals surface area contributed by atoms with Gasteiger partial charge in [0, 0.05) is 25.2 Å². The predicted molar refractivity (Wildman–Crippen MR) is 67.3 cm³/mol. The molecular weight excluding hydrogens is 248 g/mol. The first-order valence-electron chi connectivity index (χ1n) is 6.00. The van der Waals surface area contributed by atoms with E-state index in [-0.39, 0.29) is 12.5 Å². The highest BCUT2D eigenvalue weighted by atomic mass is 16.3. The van der Waals surface area contributed by atoms with Gasteiger partial charge in [-0.15, -0.1) is 0 Å². The Morgan fingerprint density at radius 1 is 1.53 bits per heavy atom. The number of furan rings is 1. The number of hydrogen-bond donors (Lipinski definition) is 2. The average Bonchev–Trinajstić information content (AvgIpc) is 2.93. The molecule has 1 unspecified atom stereocenters. The Labute approximate surface area is 108 Å². The molecule has 0 radical (unpaired) electrons. The van der Waals surface area contributed by atoms with Crippen molar-refractivity contribution in [1.29, 1.82) is 0 Å². The third kappa shape index (κ3) is 1.62. The third-order valence-electron chi connectivity index (χ3n) is 3.43. The summed E-state index contributed by atoms with van der Waals surface area (Å²) in [5, 5.41) is 0. The van der Waals surface area contributed by atoms with Gasteiger partial charge >= 0.3 is 0 Å². The minimum atomic E-state index is -0.672. The predicted octanol–water partition coefficient (Wildman–Crippen LogP) is -0.497. The lowest BCUT2D eigenvalue weighted by atomic mass is 10.1. The molecular formula is C12H14N4O3. The summed E-state index contributed by atoms with van der Waals surface area (Å²) in [6.45, 7) is 0.921. The molecule has 1 atom stereocenters. The van der Waals surface area contributed by atoms with E-state index >= 15 is 0 Å². The first-order chi connectivity index (χ1) is 9.13. The summed E-state index contributed by atoms with van der Waals surface area (Å²) in [5.74, 6) is -0.773. The van der Waals surface area contributed by atoms with Crippen LogP contribution in [-0.2, 0) is 11.3 Å². The first kappa shape index (κ1) is 11.8. The van der Waals surface area contributed by atoms with Gasteiger partial charge in [-0.2, -0.15) is 0 Å². The number of fused-ring (bicyclic) bond motifs is 3. The van der Waals surface area contributed by atoms with Gasteiger partial charge in [0.25, 0.3) is 5.91 Å². The Morgan fingerprint density at radius 3 is 3.00 bits per heavy atom. The quantitative estimate of drug-likeness (QED) is 0.777. The van der Waals surface area contributed by atoms with Crippen molar-refractivity contribution in [3.05, 3.63) is 24.1 Å². The molecule has 2 aromatic heterocycles. The first-order valence-corrected chi connectivity index (χ1v) is 6.00. The molecule has 7 heteroatoms. The van der Waals surface area contributed by atoms with Crippen LogP contribution in [0, 0.1) is 0 Å². The number of hydrogen-bond acceptors (Lipinski definition) is 4. The largest absolute Gasteiger partial charge is 0.463 e. The molecule has 0 spiro atoms. The van der Waals surface area contributed by atoms with E-state index in [4.69, 9.17) is 15.9 Å². The van der Waals surface area contributed by atoms with E-state index in [0.29, 0.717) is 24.4 Å². The van der Waals surface area contributed by atoms with Crippen LogP contribution in [-0.4, -0.2) is 40.4 Å². The summed E-state index contributed by atoms with van der Waals surface area (Å²) in [7, 11) is 0. The number of aromatic nitrogens is 1. The standard InChI is InChI=1S/C12H14N4O3/c13-2-3-15-9(11(14)17)6-16-7-1-4-19-10(7)5-8(16)12(15)18/h1,4-5,9H,2-3,6,13H2,(H2,14,17). The second-order valence-corrected chi connectivity index (χ2v) is 4.52. The maximum atomic E-state index is 12.4. The zero-order chi connectivity index (χ0) is 13.6. The highest BCUT2D eigenvalue weighted by Crippen LogP contribution is 2.27. The fourth-order valence-corrected chi connectivity index (χ4v) is 2.55. The molecule has 1 aliphatic heterocycles. The van der Waals surface area contributed by atoms with Gasteiger partial charge in [-0.25, -0.2) is 0 Å². The average molecular weight is 262 g/mol. The van der Waals surface area contributed by atoms with E-state index in [0.717, 1.165) is 5.52 Å². The van der Waals surface area contributed by atoms with Crippen LogP contribution in [0.5, 0.6) is 0 Å². The van der Waals surface area contributed by atoms with Crippen LogP contribution in [0.25, 0.3) is 11.1 Å². The molecule has 7 nitrogen and oxygen atoms in total. The number of nitrogens with two attached hydrogens (primary N) is 2. The number of primary amides is 1. The minimum Gasteiger partial charge on any atom is -0.463 e. The smallest absolute Gasteiger partial charge is 0.271 e. The molecule has 19 heavy (non-hydrogen) atoms. The van der Waals surface area contributed by atoms with E-state index in [1.807, 2.05) is 0 Å². The second-order valence-electron chi connectivity index (χ2n) is 4.52. The molecule has 3 rings (SSSR count). The monoisotopic (exact) mass is 262 g/mol. The molecule has 100 valence electrons. The van der Waals surface area contributed by atoms with Gasteiger partial charge in [-0.05, 0) is 0 Å². The highest BCUT2D eigenvalue weighted by Gasteiger charge is 2.36. The van der Waals surface area contributed by atoms with Gasteiger partial charge in [0.05, 0.1) is 18.3 Å². The van der Waals surface area contributed by atoms with E-state index in [1.165, 1.54) is 4.90 Å².